The molecule has 1 aromatic carbocycles. The molecule has 0 radical (unpaired) electrons. The predicted molar refractivity (Wildman–Crippen MR) is 71.4 cm³/mol. The molecule has 1 unspecified atom stereocenters. The van der Waals surface area contributed by atoms with Crippen LogP contribution in [0.3, 0.4) is 0 Å². The summed E-state index contributed by atoms with van der Waals surface area (Å²) >= 11 is 1.67. The van der Waals surface area contributed by atoms with Crippen LogP contribution in [0.2, 0.25) is 0 Å². The number of aliphatic hydroxyl groups excluding tert-OH is 1. The molecule has 2 rings (SSSR count). The highest BCUT2D eigenvalue weighted by Gasteiger charge is 2.13. The predicted octanol–water partition coefficient (Wildman–Crippen LogP) is 3.34. The second-order valence-electron chi connectivity index (χ2n) is 4.33. The van der Waals surface area contributed by atoms with Crippen LogP contribution in [-0.2, 0) is 6.42 Å². The Labute approximate surface area is 106 Å². The number of hydrogen-bond donors (Lipinski definition) is 1. The van der Waals surface area contributed by atoms with Crippen LogP contribution in [0.4, 0.5) is 0 Å². The fourth-order valence-corrected chi connectivity index (χ4v) is 2.83. The van der Waals surface area contributed by atoms with Crippen LogP contribution in [-0.4, -0.2) is 10.1 Å². The Kier molecular flexibility index (Phi) is 3.60. The Morgan fingerprint density at radius 1 is 1.24 bits per heavy atom. The van der Waals surface area contributed by atoms with Gasteiger partial charge in [0.1, 0.15) is 0 Å². The van der Waals surface area contributed by atoms with Gasteiger partial charge in [0.2, 0.25) is 0 Å². The largest absolute Gasteiger partial charge is 0.388 e. The van der Waals surface area contributed by atoms with Gasteiger partial charge in [-0.05, 0) is 31.9 Å². The van der Waals surface area contributed by atoms with E-state index in [0.717, 1.165) is 21.8 Å². The topological polar surface area (TPSA) is 33.1 Å². The summed E-state index contributed by atoms with van der Waals surface area (Å²) in [6.45, 7) is 6.10. The second-order valence-corrected chi connectivity index (χ2v) is 5.61. The number of benzene rings is 1. The van der Waals surface area contributed by atoms with E-state index in [-0.39, 0.29) is 0 Å². The minimum Gasteiger partial charge on any atom is -0.388 e. The van der Waals surface area contributed by atoms with Crippen molar-refractivity contribution in [3.8, 4) is 0 Å². The number of aliphatic hydroxyl groups is 1. The molecule has 17 heavy (non-hydrogen) atoms. The van der Waals surface area contributed by atoms with Gasteiger partial charge in [0.25, 0.3) is 0 Å². The zero-order chi connectivity index (χ0) is 12.4. The number of aromatic nitrogens is 1. The second kappa shape index (κ2) is 4.98. The van der Waals surface area contributed by atoms with Gasteiger partial charge in [0, 0.05) is 11.3 Å². The molecule has 0 aliphatic rings. The van der Waals surface area contributed by atoms with Crippen molar-refractivity contribution in [2.45, 2.75) is 33.3 Å². The molecule has 0 aliphatic heterocycles. The van der Waals surface area contributed by atoms with E-state index < -0.39 is 6.10 Å². The van der Waals surface area contributed by atoms with E-state index >= 15 is 0 Å². The quantitative estimate of drug-likeness (QED) is 0.902. The van der Waals surface area contributed by atoms with Crippen molar-refractivity contribution in [3.05, 3.63) is 51.0 Å². The molecule has 0 aliphatic carbocycles. The third kappa shape index (κ3) is 2.73. The van der Waals surface area contributed by atoms with Gasteiger partial charge in [-0.3, -0.25) is 0 Å². The summed E-state index contributed by atoms with van der Waals surface area (Å²) in [7, 11) is 0. The van der Waals surface area contributed by atoms with Crippen molar-refractivity contribution in [1.29, 1.82) is 0 Å². The van der Waals surface area contributed by atoms with Gasteiger partial charge in [-0.2, -0.15) is 0 Å². The van der Waals surface area contributed by atoms with Gasteiger partial charge in [0.15, 0.2) is 0 Å². The summed E-state index contributed by atoms with van der Waals surface area (Å²) in [6, 6.07) is 7.96. The Bertz CT molecular complexity index is 499. The van der Waals surface area contributed by atoms with Crippen LogP contribution in [0, 0.1) is 20.8 Å². The first kappa shape index (κ1) is 12.3. The minimum atomic E-state index is -0.457. The number of hydrogen-bond acceptors (Lipinski definition) is 3. The van der Waals surface area contributed by atoms with Crippen molar-refractivity contribution in [2.24, 2.45) is 0 Å². The molecule has 1 atom stereocenters. The summed E-state index contributed by atoms with van der Waals surface area (Å²) in [5.74, 6) is 0. The van der Waals surface area contributed by atoms with E-state index in [0.29, 0.717) is 6.42 Å². The van der Waals surface area contributed by atoms with Gasteiger partial charge in [-0.1, -0.05) is 24.3 Å². The van der Waals surface area contributed by atoms with E-state index in [4.69, 9.17) is 0 Å². The molecule has 1 aromatic heterocycles. The zero-order valence-corrected chi connectivity index (χ0v) is 11.2. The van der Waals surface area contributed by atoms with Crippen molar-refractivity contribution in [3.63, 3.8) is 0 Å². The Hall–Kier alpha value is -1.19. The van der Waals surface area contributed by atoms with Crippen molar-refractivity contribution < 1.29 is 5.11 Å². The van der Waals surface area contributed by atoms with Gasteiger partial charge in [0.05, 0.1) is 16.8 Å². The fourth-order valence-electron chi connectivity index (χ4n) is 1.86. The van der Waals surface area contributed by atoms with Gasteiger partial charge in [-0.15, -0.1) is 11.3 Å². The molecule has 0 fully saturated rings. The van der Waals surface area contributed by atoms with Crippen molar-refractivity contribution in [1.82, 2.24) is 4.98 Å². The normalized spacial score (nSPS) is 12.7. The Balaban J connectivity index is 2.17. The first-order valence-electron chi connectivity index (χ1n) is 5.74. The van der Waals surface area contributed by atoms with Gasteiger partial charge < -0.3 is 5.11 Å². The number of rotatable bonds is 3. The zero-order valence-electron chi connectivity index (χ0n) is 10.4. The van der Waals surface area contributed by atoms with E-state index in [9.17, 15) is 5.11 Å². The van der Waals surface area contributed by atoms with Crippen LogP contribution < -0.4 is 0 Å². The molecule has 3 heteroatoms. The lowest BCUT2D eigenvalue weighted by atomic mass is 10.0. The number of thiazole rings is 1. The molecule has 1 N–H and O–H groups in total. The van der Waals surface area contributed by atoms with Gasteiger partial charge >= 0.3 is 0 Å². The highest BCUT2D eigenvalue weighted by atomic mass is 32.1. The first-order valence-corrected chi connectivity index (χ1v) is 6.56. The summed E-state index contributed by atoms with van der Waals surface area (Å²) < 4.78 is 0. The monoisotopic (exact) mass is 247 g/mol. The maximum Gasteiger partial charge on any atom is 0.0960 e. The molecular formula is C14H17NOS. The summed E-state index contributed by atoms with van der Waals surface area (Å²) in [4.78, 5) is 5.70. The summed E-state index contributed by atoms with van der Waals surface area (Å²) in [6.07, 6.45) is 0.144. The van der Waals surface area contributed by atoms with E-state index in [1.54, 1.807) is 11.3 Å². The standard InChI is InChI=1S/C14H17NOS/c1-9-6-4-5-7-12(9)13(16)8-14-15-10(2)11(3)17-14/h4-7,13,16H,8H2,1-3H3. The van der Waals surface area contributed by atoms with Crippen LogP contribution in [0.5, 0.6) is 0 Å². The van der Waals surface area contributed by atoms with Crippen LogP contribution in [0.25, 0.3) is 0 Å². The van der Waals surface area contributed by atoms with Crippen LogP contribution in [0.15, 0.2) is 24.3 Å². The smallest absolute Gasteiger partial charge is 0.0960 e. The van der Waals surface area contributed by atoms with Gasteiger partial charge in [-0.25, -0.2) is 4.98 Å². The first-order chi connectivity index (χ1) is 8.08. The maximum absolute atomic E-state index is 10.2. The lowest BCUT2D eigenvalue weighted by Crippen LogP contribution is -2.03. The lowest BCUT2D eigenvalue weighted by molar-refractivity contribution is 0.177. The summed E-state index contributed by atoms with van der Waals surface area (Å²) in [5, 5.41) is 11.2. The molecule has 0 amide bonds. The fraction of sp³-hybridized carbons (Fsp3) is 0.357. The number of aryl methyl sites for hydroxylation is 3. The SMILES string of the molecule is Cc1ccccc1C(O)Cc1nc(C)c(C)s1. The third-order valence-corrected chi connectivity index (χ3v) is 4.08. The third-order valence-electron chi connectivity index (χ3n) is 2.99. The van der Waals surface area contributed by atoms with Crippen molar-refractivity contribution in [2.75, 3.05) is 0 Å². The Morgan fingerprint density at radius 2 is 1.94 bits per heavy atom. The molecule has 2 nitrogen and oxygen atoms in total. The highest BCUT2D eigenvalue weighted by molar-refractivity contribution is 7.11. The lowest BCUT2D eigenvalue weighted by Gasteiger charge is -2.11. The molecular weight excluding hydrogens is 230 g/mol. The molecule has 90 valence electrons. The van der Waals surface area contributed by atoms with Crippen LogP contribution in [0.1, 0.15) is 32.8 Å². The summed E-state index contributed by atoms with van der Waals surface area (Å²) in [5.41, 5.74) is 3.20. The molecule has 0 saturated heterocycles. The van der Waals surface area contributed by atoms with Crippen LogP contribution >= 0.6 is 11.3 Å². The van der Waals surface area contributed by atoms with E-state index in [2.05, 4.69) is 11.9 Å². The van der Waals surface area contributed by atoms with E-state index in [1.807, 2.05) is 38.1 Å². The molecule has 0 spiro atoms. The molecule has 0 saturated carbocycles. The van der Waals surface area contributed by atoms with E-state index in [1.165, 1.54) is 4.88 Å². The van der Waals surface area contributed by atoms with Crippen molar-refractivity contribution >= 4 is 11.3 Å². The highest BCUT2D eigenvalue weighted by Crippen LogP contribution is 2.25. The minimum absolute atomic E-state index is 0.457. The average molecular weight is 247 g/mol. The molecule has 1 heterocycles. The molecule has 2 aromatic rings. The average Bonchev–Trinajstić information content (AvgIpc) is 2.58. The number of nitrogens with zero attached hydrogens (tertiary/aromatic N) is 1. The Morgan fingerprint density at radius 3 is 2.53 bits per heavy atom. The molecule has 0 bridgehead atoms. The maximum atomic E-state index is 10.2.